The van der Waals surface area contributed by atoms with E-state index in [9.17, 15) is 9.59 Å². The summed E-state index contributed by atoms with van der Waals surface area (Å²) in [6, 6.07) is 13.2. The van der Waals surface area contributed by atoms with Crippen LogP contribution in [0.5, 0.6) is 0 Å². The predicted octanol–water partition coefficient (Wildman–Crippen LogP) is 2.26. The first-order valence-electron chi connectivity index (χ1n) is 6.11. The summed E-state index contributed by atoms with van der Waals surface area (Å²) in [5.74, 6) is -0.767. The molecule has 2 N–H and O–H groups in total. The van der Waals surface area contributed by atoms with Gasteiger partial charge in [0.2, 0.25) is 5.91 Å². The van der Waals surface area contributed by atoms with Crippen LogP contribution in [0.3, 0.4) is 0 Å². The first-order valence-corrected chi connectivity index (χ1v) is 6.11. The van der Waals surface area contributed by atoms with Gasteiger partial charge in [-0.2, -0.15) is 0 Å². The second kappa shape index (κ2) is 6.00. The van der Waals surface area contributed by atoms with Gasteiger partial charge in [-0.15, -0.1) is 0 Å². The maximum Gasteiger partial charge on any atom is 0.338 e. The second-order valence-corrected chi connectivity index (χ2v) is 4.27. The van der Waals surface area contributed by atoms with Crippen molar-refractivity contribution >= 4 is 22.6 Å². The molecule has 0 atom stereocenters. The molecule has 0 aliphatic rings. The molecule has 0 spiro atoms. The number of rotatable bonds is 5. The molecule has 19 heavy (non-hydrogen) atoms. The standard InChI is InChI=1S/C15H15NO3/c16-14(17)6-3-9-19-15(18)13-8-7-11-4-1-2-5-12(11)10-13/h1-2,4-5,7-8,10H,3,6,9H2,(H2,16,17). The molecular weight excluding hydrogens is 242 g/mol. The van der Waals surface area contributed by atoms with E-state index in [1.807, 2.05) is 30.3 Å². The number of carbonyl (C=O) groups is 2. The molecule has 0 saturated carbocycles. The number of esters is 1. The largest absolute Gasteiger partial charge is 0.462 e. The van der Waals surface area contributed by atoms with Gasteiger partial charge in [-0.25, -0.2) is 4.79 Å². The third-order valence-corrected chi connectivity index (χ3v) is 2.79. The number of benzene rings is 2. The van der Waals surface area contributed by atoms with Crippen molar-refractivity contribution in [2.45, 2.75) is 12.8 Å². The number of hydrogen-bond acceptors (Lipinski definition) is 3. The van der Waals surface area contributed by atoms with Crippen molar-refractivity contribution in [2.75, 3.05) is 6.61 Å². The normalized spacial score (nSPS) is 10.3. The van der Waals surface area contributed by atoms with E-state index in [2.05, 4.69) is 0 Å². The van der Waals surface area contributed by atoms with Crippen LogP contribution in [0, 0.1) is 0 Å². The minimum atomic E-state index is -0.387. The topological polar surface area (TPSA) is 69.4 Å². The summed E-state index contributed by atoms with van der Waals surface area (Å²) in [5.41, 5.74) is 5.52. The Kier molecular flexibility index (Phi) is 4.13. The van der Waals surface area contributed by atoms with E-state index < -0.39 is 0 Å². The maximum atomic E-state index is 11.8. The second-order valence-electron chi connectivity index (χ2n) is 4.27. The highest BCUT2D eigenvalue weighted by atomic mass is 16.5. The van der Waals surface area contributed by atoms with Gasteiger partial charge >= 0.3 is 5.97 Å². The van der Waals surface area contributed by atoms with E-state index in [0.717, 1.165) is 10.8 Å². The van der Waals surface area contributed by atoms with Gasteiger partial charge in [0.15, 0.2) is 0 Å². The SMILES string of the molecule is NC(=O)CCCOC(=O)c1ccc2ccccc2c1. The van der Waals surface area contributed by atoms with Crippen molar-refractivity contribution in [1.29, 1.82) is 0 Å². The molecule has 0 heterocycles. The van der Waals surface area contributed by atoms with Crippen LogP contribution < -0.4 is 5.73 Å². The van der Waals surface area contributed by atoms with E-state index in [-0.39, 0.29) is 24.9 Å². The summed E-state index contributed by atoms with van der Waals surface area (Å²) in [6.45, 7) is 0.203. The van der Waals surface area contributed by atoms with Gasteiger partial charge in [0.05, 0.1) is 12.2 Å². The lowest BCUT2D eigenvalue weighted by molar-refractivity contribution is -0.118. The van der Waals surface area contributed by atoms with E-state index in [1.165, 1.54) is 0 Å². The number of nitrogens with two attached hydrogens (primary N) is 1. The van der Waals surface area contributed by atoms with Gasteiger partial charge in [0.25, 0.3) is 0 Å². The van der Waals surface area contributed by atoms with Crippen molar-refractivity contribution < 1.29 is 14.3 Å². The summed E-state index contributed by atoms with van der Waals surface area (Å²) in [7, 11) is 0. The predicted molar refractivity (Wildman–Crippen MR) is 72.7 cm³/mol. The number of ether oxygens (including phenoxy) is 1. The van der Waals surface area contributed by atoms with Crippen LogP contribution in [-0.2, 0) is 9.53 Å². The van der Waals surface area contributed by atoms with Crippen LogP contribution in [0.25, 0.3) is 10.8 Å². The van der Waals surface area contributed by atoms with Gasteiger partial charge < -0.3 is 10.5 Å². The highest BCUT2D eigenvalue weighted by Crippen LogP contribution is 2.16. The Morgan fingerprint density at radius 2 is 1.79 bits per heavy atom. The van der Waals surface area contributed by atoms with Gasteiger partial charge in [-0.3, -0.25) is 4.79 Å². The molecule has 98 valence electrons. The van der Waals surface area contributed by atoms with E-state index in [1.54, 1.807) is 12.1 Å². The fourth-order valence-electron chi connectivity index (χ4n) is 1.81. The molecule has 2 aromatic carbocycles. The molecule has 4 nitrogen and oxygen atoms in total. The zero-order valence-electron chi connectivity index (χ0n) is 10.5. The third-order valence-electron chi connectivity index (χ3n) is 2.79. The highest BCUT2D eigenvalue weighted by Gasteiger charge is 2.07. The molecule has 1 amide bonds. The fraction of sp³-hybridized carbons (Fsp3) is 0.200. The lowest BCUT2D eigenvalue weighted by Gasteiger charge is -2.05. The Balaban J connectivity index is 1.99. The highest BCUT2D eigenvalue weighted by molar-refractivity contribution is 5.95. The van der Waals surface area contributed by atoms with Crippen LogP contribution in [-0.4, -0.2) is 18.5 Å². The Morgan fingerprint density at radius 1 is 1.05 bits per heavy atom. The monoisotopic (exact) mass is 257 g/mol. The molecule has 2 aromatic rings. The lowest BCUT2D eigenvalue weighted by atomic mass is 10.1. The van der Waals surface area contributed by atoms with Crippen LogP contribution >= 0.6 is 0 Å². The summed E-state index contributed by atoms with van der Waals surface area (Å²) < 4.78 is 5.08. The Bertz CT molecular complexity index is 607. The van der Waals surface area contributed by atoms with E-state index in [0.29, 0.717) is 12.0 Å². The average molecular weight is 257 g/mol. The molecule has 0 radical (unpaired) electrons. The Hall–Kier alpha value is -2.36. The zero-order valence-corrected chi connectivity index (χ0v) is 10.5. The van der Waals surface area contributed by atoms with E-state index >= 15 is 0 Å². The number of hydrogen-bond donors (Lipinski definition) is 1. The minimum absolute atomic E-state index is 0.203. The van der Waals surface area contributed by atoms with Crippen LogP contribution in [0.1, 0.15) is 23.2 Å². The van der Waals surface area contributed by atoms with Crippen molar-refractivity contribution in [1.82, 2.24) is 0 Å². The van der Waals surface area contributed by atoms with Gasteiger partial charge in [0, 0.05) is 6.42 Å². The van der Waals surface area contributed by atoms with Crippen molar-refractivity contribution in [2.24, 2.45) is 5.73 Å². The van der Waals surface area contributed by atoms with Crippen molar-refractivity contribution in [3.63, 3.8) is 0 Å². The van der Waals surface area contributed by atoms with Crippen LogP contribution in [0.4, 0.5) is 0 Å². The minimum Gasteiger partial charge on any atom is -0.462 e. The first-order chi connectivity index (χ1) is 9.16. The fourth-order valence-corrected chi connectivity index (χ4v) is 1.81. The smallest absolute Gasteiger partial charge is 0.338 e. The van der Waals surface area contributed by atoms with Crippen molar-refractivity contribution in [3.8, 4) is 0 Å². The van der Waals surface area contributed by atoms with Gasteiger partial charge in [0.1, 0.15) is 0 Å². The summed E-state index contributed by atoms with van der Waals surface area (Å²) in [4.78, 5) is 22.3. The molecule has 4 heteroatoms. The summed E-state index contributed by atoms with van der Waals surface area (Å²) in [5, 5.41) is 2.07. The average Bonchev–Trinajstić information content (AvgIpc) is 2.42. The third kappa shape index (κ3) is 3.55. The number of carbonyl (C=O) groups excluding carboxylic acids is 2. The Labute approximate surface area is 111 Å². The molecule has 0 saturated heterocycles. The number of fused-ring (bicyclic) bond motifs is 1. The molecule has 2 rings (SSSR count). The molecule has 0 aromatic heterocycles. The van der Waals surface area contributed by atoms with Gasteiger partial charge in [-0.1, -0.05) is 30.3 Å². The molecule has 0 bridgehead atoms. The van der Waals surface area contributed by atoms with Crippen molar-refractivity contribution in [3.05, 3.63) is 48.0 Å². The zero-order chi connectivity index (χ0) is 13.7. The van der Waals surface area contributed by atoms with Gasteiger partial charge in [-0.05, 0) is 29.3 Å². The molecule has 0 fully saturated rings. The first kappa shape index (κ1) is 13.1. The van der Waals surface area contributed by atoms with Crippen LogP contribution in [0.15, 0.2) is 42.5 Å². The molecule has 0 aliphatic heterocycles. The molecule has 0 unspecified atom stereocenters. The maximum absolute atomic E-state index is 11.8. The Morgan fingerprint density at radius 3 is 2.53 bits per heavy atom. The number of primary amides is 1. The summed E-state index contributed by atoms with van der Waals surface area (Å²) >= 11 is 0. The summed E-state index contributed by atoms with van der Waals surface area (Å²) in [6.07, 6.45) is 0.680. The molecule has 0 aliphatic carbocycles. The lowest BCUT2D eigenvalue weighted by Crippen LogP contribution is -2.12. The molecular formula is C15H15NO3. The quantitative estimate of drug-likeness (QED) is 0.659. The number of amides is 1. The van der Waals surface area contributed by atoms with E-state index in [4.69, 9.17) is 10.5 Å². The van der Waals surface area contributed by atoms with Crippen LogP contribution in [0.2, 0.25) is 0 Å².